The number of H-pyrrole nitrogens is 1. The lowest BCUT2D eigenvalue weighted by Gasteiger charge is -1.98. The molecule has 0 aromatic carbocycles. The number of rotatable bonds is 5. The van der Waals surface area contributed by atoms with Gasteiger partial charge in [0.25, 0.3) is 0 Å². The summed E-state index contributed by atoms with van der Waals surface area (Å²) in [6, 6.07) is 7.95. The Bertz CT molecular complexity index is 618. The number of nitrogens with zero attached hydrogens (tertiary/aromatic N) is 3. The molecule has 3 rings (SSSR count). The number of thiophene rings is 1. The molecular formula is C13H13N5S. The molecule has 6 heteroatoms. The Balaban J connectivity index is 1.59. The van der Waals surface area contributed by atoms with Crippen molar-refractivity contribution in [2.75, 3.05) is 0 Å². The van der Waals surface area contributed by atoms with Gasteiger partial charge in [-0.2, -0.15) is 5.10 Å². The first-order valence-electron chi connectivity index (χ1n) is 5.96. The van der Waals surface area contributed by atoms with E-state index < -0.39 is 0 Å². The highest BCUT2D eigenvalue weighted by molar-refractivity contribution is 7.09. The molecule has 0 saturated heterocycles. The van der Waals surface area contributed by atoms with Gasteiger partial charge in [0.15, 0.2) is 5.82 Å². The fourth-order valence-corrected chi connectivity index (χ4v) is 2.40. The summed E-state index contributed by atoms with van der Waals surface area (Å²) in [5.41, 5.74) is 0.968. The molecule has 19 heavy (non-hydrogen) atoms. The Morgan fingerprint density at radius 2 is 2.05 bits per heavy atom. The largest absolute Gasteiger partial charge is 0.305 e. The van der Waals surface area contributed by atoms with Crippen molar-refractivity contribution in [3.63, 3.8) is 0 Å². The van der Waals surface area contributed by atoms with E-state index >= 15 is 0 Å². The first-order valence-corrected chi connectivity index (χ1v) is 6.84. The molecule has 0 spiro atoms. The molecule has 3 aromatic heterocycles. The van der Waals surface area contributed by atoms with Crippen molar-refractivity contribution in [3.05, 3.63) is 52.7 Å². The van der Waals surface area contributed by atoms with Crippen molar-refractivity contribution in [1.29, 1.82) is 0 Å². The predicted octanol–water partition coefficient (Wildman–Crippen LogP) is 2.22. The van der Waals surface area contributed by atoms with Gasteiger partial charge >= 0.3 is 0 Å². The molecule has 3 aromatic rings. The van der Waals surface area contributed by atoms with E-state index in [1.165, 1.54) is 4.88 Å². The van der Waals surface area contributed by atoms with Crippen LogP contribution in [0.25, 0.3) is 11.4 Å². The molecule has 5 nitrogen and oxygen atoms in total. The number of aromatic nitrogens is 4. The van der Waals surface area contributed by atoms with Crippen molar-refractivity contribution in [2.24, 2.45) is 0 Å². The minimum Gasteiger partial charge on any atom is -0.305 e. The first kappa shape index (κ1) is 12.0. The van der Waals surface area contributed by atoms with E-state index in [1.807, 2.05) is 12.1 Å². The Morgan fingerprint density at radius 3 is 2.84 bits per heavy atom. The summed E-state index contributed by atoms with van der Waals surface area (Å²) >= 11 is 1.74. The van der Waals surface area contributed by atoms with Gasteiger partial charge < -0.3 is 5.32 Å². The summed E-state index contributed by atoms with van der Waals surface area (Å²) in [5, 5.41) is 12.6. The van der Waals surface area contributed by atoms with Gasteiger partial charge in [-0.1, -0.05) is 6.07 Å². The molecule has 0 radical (unpaired) electrons. The topological polar surface area (TPSA) is 66.5 Å². The summed E-state index contributed by atoms with van der Waals surface area (Å²) in [4.78, 5) is 9.74. The van der Waals surface area contributed by atoms with Crippen LogP contribution in [0.5, 0.6) is 0 Å². The molecule has 2 N–H and O–H groups in total. The highest BCUT2D eigenvalue weighted by atomic mass is 32.1. The van der Waals surface area contributed by atoms with E-state index in [0.29, 0.717) is 12.4 Å². The van der Waals surface area contributed by atoms with Crippen molar-refractivity contribution >= 4 is 11.3 Å². The fourth-order valence-electron chi connectivity index (χ4n) is 1.72. The highest BCUT2D eigenvalue weighted by Crippen LogP contribution is 2.12. The van der Waals surface area contributed by atoms with Gasteiger partial charge in [-0.3, -0.25) is 10.1 Å². The van der Waals surface area contributed by atoms with Crippen LogP contribution >= 0.6 is 11.3 Å². The maximum absolute atomic E-state index is 4.45. The second kappa shape index (κ2) is 5.73. The van der Waals surface area contributed by atoms with Crippen LogP contribution in [0.3, 0.4) is 0 Å². The second-order valence-corrected chi connectivity index (χ2v) is 5.06. The molecule has 0 saturated carbocycles. The SMILES string of the molecule is c1csc(CNCc2nc(-c3ccncc3)n[nH]2)c1. The van der Waals surface area contributed by atoms with E-state index in [1.54, 1.807) is 23.7 Å². The minimum atomic E-state index is 0.677. The molecular weight excluding hydrogens is 258 g/mol. The zero-order valence-corrected chi connectivity index (χ0v) is 11.0. The summed E-state index contributed by atoms with van der Waals surface area (Å²) in [6.07, 6.45) is 3.47. The van der Waals surface area contributed by atoms with E-state index in [2.05, 4.69) is 43.0 Å². The minimum absolute atomic E-state index is 0.677. The van der Waals surface area contributed by atoms with Crippen LogP contribution in [0.1, 0.15) is 10.7 Å². The van der Waals surface area contributed by atoms with Gasteiger partial charge in [-0.25, -0.2) is 4.98 Å². The predicted molar refractivity (Wildman–Crippen MR) is 74.5 cm³/mol. The van der Waals surface area contributed by atoms with Gasteiger partial charge in [-0.05, 0) is 23.6 Å². The van der Waals surface area contributed by atoms with Gasteiger partial charge in [0.1, 0.15) is 5.82 Å². The third-order valence-corrected chi connectivity index (χ3v) is 3.52. The third kappa shape index (κ3) is 3.04. The Hall–Kier alpha value is -2.05. The number of aromatic amines is 1. The maximum atomic E-state index is 4.45. The van der Waals surface area contributed by atoms with Crippen molar-refractivity contribution in [3.8, 4) is 11.4 Å². The lowest BCUT2D eigenvalue weighted by atomic mass is 10.2. The van der Waals surface area contributed by atoms with Gasteiger partial charge in [0.2, 0.25) is 0 Å². The lowest BCUT2D eigenvalue weighted by molar-refractivity contribution is 0.671. The Kier molecular flexibility index (Phi) is 3.62. The zero-order valence-electron chi connectivity index (χ0n) is 10.2. The van der Waals surface area contributed by atoms with E-state index in [0.717, 1.165) is 17.9 Å². The molecule has 96 valence electrons. The van der Waals surface area contributed by atoms with Crippen LogP contribution in [0, 0.1) is 0 Å². The summed E-state index contributed by atoms with van der Waals surface area (Å²) < 4.78 is 0. The third-order valence-electron chi connectivity index (χ3n) is 2.64. The molecule has 0 unspecified atom stereocenters. The Morgan fingerprint density at radius 1 is 1.16 bits per heavy atom. The molecule has 0 atom stereocenters. The normalized spacial score (nSPS) is 10.7. The maximum Gasteiger partial charge on any atom is 0.181 e. The number of pyridine rings is 1. The fraction of sp³-hybridized carbons (Fsp3) is 0.154. The van der Waals surface area contributed by atoms with E-state index in [-0.39, 0.29) is 0 Å². The van der Waals surface area contributed by atoms with Crippen molar-refractivity contribution < 1.29 is 0 Å². The summed E-state index contributed by atoms with van der Waals surface area (Å²) in [6.45, 7) is 1.53. The molecule has 0 fully saturated rings. The van der Waals surface area contributed by atoms with Gasteiger partial charge in [0, 0.05) is 29.4 Å². The van der Waals surface area contributed by atoms with E-state index in [9.17, 15) is 0 Å². The monoisotopic (exact) mass is 271 g/mol. The average molecular weight is 271 g/mol. The van der Waals surface area contributed by atoms with Crippen LogP contribution in [0.2, 0.25) is 0 Å². The number of hydrogen-bond donors (Lipinski definition) is 2. The molecule has 0 amide bonds. The van der Waals surface area contributed by atoms with E-state index in [4.69, 9.17) is 0 Å². The van der Waals surface area contributed by atoms with Crippen LogP contribution in [0.15, 0.2) is 42.0 Å². The average Bonchev–Trinajstić information content (AvgIpc) is 3.11. The molecule has 0 aliphatic carbocycles. The van der Waals surface area contributed by atoms with Crippen LogP contribution in [-0.4, -0.2) is 20.2 Å². The van der Waals surface area contributed by atoms with Crippen molar-refractivity contribution in [1.82, 2.24) is 25.5 Å². The summed E-state index contributed by atoms with van der Waals surface area (Å²) in [7, 11) is 0. The standard InChI is InChI=1S/C13H13N5S/c1-2-11(19-7-1)8-15-9-12-16-13(18-17-12)10-3-5-14-6-4-10/h1-7,15H,8-9H2,(H,16,17,18). The molecule has 0 aliphatic heterocycles. The molecule has 0 aliphatic rings. The van der Waals surface area contributed by atoms with Crippen LogP contribution in [-0.2, 0) is 13.1 Å². The van der Waals surface area contributed by atoms with Crippen LogP contribution in [0.4, 0.5) is 0 Å². The molecule has 3 heterocycles. The molecule has 0 bridgehead atoms. The summed E-state index contributed by atoms with van der Waals surface area (Å²) in [5.74, 6) is 1.54. The van der Waals surface area contributed by atoms with Gasteiger partial charge in [0.05, 0.1) is 6.54 Å². The van der Waals surface area contributed by atoms with Gasteiger partial charge in [-0.15, -0.1) is 11.3 Å². The smallest absolute Gasteiger partial charge is 0.181 e. The number of hydrogen-bond acceptors (Lipinski definition) is 5. The Labute approximate surface area is 114 Å². The zero-order chi connectivity index (χ0) is 12.9. The lowest BCUT2D eigenvalue weighted by Crippen LogP contribution is -2.12. The quantitative estimate of drug-likeness (QED) is 0.746. The van der Waals surface area contributed by atoms with Crippen molar-refractivity contribution in [2.45, 2.75) is 13.1 Å². The highest BCUT2D eigenvalue weighted by Gasteiger charge is 2.05. The second-order valence-electron chi connectivity index (χ2n) is 4.02. The first-order chi connectivity index (χ1) is 9.42. The van der Waals surface area contributed by atoms with Crippen LogP contribution < -0.4 is 5.32 Å². The number of nitrogens with one attached hydrogen (secondary N) is 2.